The number of ether oxygens (including phenoxy) is 2. The topological polar surface area (TPSA) is 93.7 Å². The zero-order valence-corrected chi connectivity index (χ0v) is 15.6. The molecule has 1 aliphatic heterocycles. The third-order valence-electron chi connectivity index (χ3n) is 4.20. The molecule has 7 nitrogen and oxygen atoms in total. The van der Waals surface area contributed by atoms with Gasteiger partial charge >= 0.3 is 0 Å². The zero-order valence-electron chi connectivity index (χ0n) is 14.8. The minimum absolute atomic E-state index is 0.0800. The van der Waals surface area contributed by atoms with Gasteiger partial charge in [-0.25, -0.2) is 8.42 Å². The number of sulfonamides is 1. The Kier molecular flexibility index (Phi) is 4.40. The molecule has 3 aromatic rings. The molecule has 8 heteroatoms. The van der Waals surface area contributed by atoms with Gasteiger partial charge in [-0.2, -0.15) is 0 Å². The molecular formula is C20H16N2O5S. The molecule has 0 bridgehead atoms. The van der Waals surface area contributed by atoms with E-state index in [0.717, 1.165) is 0 Å². The summed E-state index contributed by atoms with van der Waals surface area (Å²) in [6, 6.07) is 17.6. The van der Waals surface area contributed by atoms with E-state index in [2.05, 4.69) is 10.0 Å². The monoisotopic (exact) mass is 396 g/mol. The van der Waals surface area contributed by atoms with Crippen molar-refractivity contribution in [2.24, 2.45) is 0 Å². The molecule has 142 valence electrons. The van der Waals surface area contributed by atoms with Gasteiger partial charge in [-0.3, -0.25) is 9.52 Å². The Labute approximate surface area is 162 Å². The van der Waals surface area contributed by atoms with Crippen molar-refractivity contribution in [3.63, 3.8) is 0 Å². The third kappa shape index (κ3) is 3.37. The van der Waals surface area contributed by atoms with Gasteiger partial charge in [0.25, 0.3) is 15.9 Å². The van der Waals surface area contributed by atoms with Gasteiger partial charge in [0, 0.05) is 5.69 Å². The number of amides is 1. The first kappa shape index (κ1) is 17.9. The number of hydrogen-bond acceptors (Lipinski definition) is 5. The zero-order chi connectivity index (χ0) is 19.7. The lowest BCUT2D eigenvalue weighted by Crippen LogP contribution is -2.14. The number of hydrogen-bond donors (Lipinski definition) is 2. The second-order valence-corrected chi connectivity index (χ2v) is 7.73. The molecule has 0 aromatic heterocycles. The molecule has 2 N–H and O–H groups in total. The quantitative estimate of drug-likeness (QED) is 0.699. The van der Waals surface area contributed by atoms with Crippen LogP contribution >= 0.6 is 0 Å². The van der Waals surface area contributed by atoms with Crippen LogP contribution in [0.2, 0.25) is 0 Å². The van der Waals surface area contributed by atoms with Crippen LogP contribution in [0.15, 0.2) is 71.6 Å². The summed E-state index contributed by atoms with van der Waals surface area (Å²) >= 11 is 0. The SMILES string of the molecule is COc1ccc(S(=O)(=O)Nc2ccc3c(c2)C(=O)Nc2ccccc2O3)cc1. The Morgan fingerprint density at radius 3 is 2.46 bits per heavy atom. The van der Waals surface area contributed by atoms with E-state index in [1.807, 2.05) is 0 Å². The molecule has 0 radical (unpaired) electrons. The van der Waals surface area contributed by atoms with Crippen LogP contribution in [0.1, 0.15) is 10.4 Å². The van der Waals surface area contributed by atoms with Crippen molar-refractivity contribution < 1.29 is 22.7 Å². The van der Waals surface area contributed by atoms with Crippen LogP contribution in [0.3, 0.4) is 0 Å². The van der Waals surface area contributed by atoms with Gasteiger partial charge in [-0.05, 0) is 54.6 Å². The lowest BCUT2D eigenvalue weighted by Gasteiger charge is -2.11. The van der Waals surface area contributed by atoms with Gasteiger partial charge in [0.05, 0.1) is 23.3 Å². The number of methoxy groups -OCH3 is 1. The van der Waals surface area contributed by atoms with Crippen molar-refractivity contribution in [1.29, 1.82) is 0 Å². The van der Waals surface area contributed by atoms with Gasteiger partial charge in [-0.1, -0.05) is 12.1 Å². The lowest BCUT2D eigenvalue weighted by atomic mass is 10.1. The van der Waals surface area contributed by atoms with E-state index in [4.69, 9.17) is 9.47 Å². The van der Waals surface area contributed by atoms with E-state index in [-0.39, 0.29) is 22.1 Å². The van der Waals surface area contributed by atoms with E-state index in [1.165, 1.54) is 25.3 Å². The standard InChI is InChI=1S/C20H16N2O5S/c1-26-14-7-9-15(10-8-14)28(24,25)22-13-6-11-18-16(12-13)20(23)21-17-4-2-3-5-19(17)27-18/h2-12,22H,1H3,(H,21,23). The minimum atomic E-state index is -3.82. The first-order chi connectivity index (χ1) is 13.5. The summed E-state index contributed by atoms with van der Waals surface area (Å²) in [6.07, 6.45) is 0. The first-order valence-electron chi connectivity index (χ1n) is 8.35. The van der Waals surface area contributed by atoms with E-state index < -0.39 is 10.0 Å². The molecule has 28 heavy (non-hydrogen) atoms. The first-order valence-corrected chi connectivity index (χ1v) is 9.84. The second kappa shape index (κ2) is 6.90. The molecule has 0 saturated carbocycles. The van der Waals surface area contributed by atoms with Gasteiger partial charge < -0.3 is 14.8 Å². The average molecular weight is 396 g/mol. The summed E-state index contributed by atoms with van der Waals surface area (Å²) in [5.41, 5.74) is 1.02. The normalized spacial score (nSPS) is 12.7. The molecule has 0 spiro atoms. The van der Waals surface area contributed by atoms with Crippen LogP contribution in [0.4, 0.5) is 11.4 Å². The fraction of sp³-hybridized carbons (Fsp3) is 0.0500. The van der Waals surface area contributed by atoms with Crippen LogP contribution in [0.25, 0.3) is 0 Å². The third-order valence-corrected chi connectivity index (χ3v) is 5.60. The van der Waals surface area contributed by atoms with Gasteiger partial charge in [0.2, 0.25) is 0 Å². The van der Waals surface area contributed by atoms with Crippen molar-refractivity contribution in [2.45, 2.75) is 4.90 Å². The van der Waals surface area contributed by atoms with E-state index in [1.54, 1.807) is 48.5 Å². The van der Waals surface area contributed by atoms with Crippen molar-refractivity contribution in [3.05, 3.63) is 72.3 Å². The highest BCUT2D eigenvalue weighted by atomic mass is 32.2. The maximum absolute atomic E-state index is 12.6. The number of carbonyl (C=O) groups is 1. The van der Waals surface area contributed by atoms with Crippen LogP contribution in [-0.4, -0.2) is 21.4 Å². The smallest absolute Gasteiger partial charge is 0.261 e. The summed E-state index contributed by atoms with van der Waals surface area (Å²) < 4.78 is 38.5. The molecule has 1 heterocycles. The van der Waals surface area contributed by atoms with E-state index in [0.29, 0.717) is 22.9 Å². The second-order valence-electron chi connectivity index (χ2n) is 6.04. The van der Waals surface area contributed by atoms with Gasteiger partial charge in [0.1, 0.15) is 11.5 Å². The minimum Gasteiger partial charge on any atom is -0.497 e. The fourth-order valence-electron chi connectivity index (χ4n) is 2.80. The molecule has 0 atom stereocenters. The van der Waals surface area contributed by atoms with Crippen molar-refractivity contribution >= 4 is 27.3 Å². The number of rotatable bonds is 4. The van der Waals surface area contributed by atoms with Crippen molar-refractivity contribution in [2.75, 3.05) is 17.1 Å². The Hall–Kier alpha value is -3.52. The number of para-hydroxylation sites is 2. The average Bonchev–Trinajstić information content (AvgIpc) is 2.83. The molecule has 4 rings (SSSR count). The van der Waals surface area contributed by atoms with Crippen LogP contribution in [-0.2, 0) is 10.0 Å². The molecule has 0 unspecified atom stereocenters. The highest BCUT2D eigenvalue weighted by Crippen LogP contribution is 2.36. The molecule has 0 aliphatic carbocycles. The molecular weight excluding hydrogens is 380 g/mol. The summed E-state index contributed by atoms with van der Waals surface area (Å²) in [4.78, 5) is 12.6. The largest absolute Gasteiger partial charge is 0.497 e. The molecule has 1 aliphatic rings. The predicted octanol–water partition coefficient (Wildman–Crippen LogP) is 3.85. The number of carbonyl (C=O) groups excluding carboxylic acids is 1. The number of benzene rings is 3. The highest BCUT2D eigenvalue weighted by molar-refractivity contribution is 7.92. The number of anilines is 2. The molecule has 3 aromatic carbocycles. The Balaban J connectivity index is 1.64. The maximum Gasteiger partial charge on any atom is 0.261 e. The van der Waals surface area contributed by atoms with Crippen LogP contribution in [0, 0.1) is 0 Å². The van der Waals surface area contributed by atoms with Gasteiger partial charge in [0.15, 0.2) is 5.75 Å². The van der Waals surface area contributed by atoms with Crippen LogP contribution in [0.5, 0.6) is 17.2 Å². The van der Waals surface area contributed by atoms with E-state index >= 15 is 0 Å². The Morgan fingerprint density at radius 2 is 1.71 bits per heavy atom. The number of nitrogens with one attached hydrogen (secondary N) is 2. The molecule has 1 amide bonds. The van der Waals surface area contributed by atoms with Crippen LogP contribution < -0.4 is 19.5 Å². The fourth-order valence-corrected chi connectivity index (χ4v) is 3.85. The van der Waals surface area contributed by atoms with E-state index in [9.17, 15) is 13.2 Å². The Morgan fingerprint density at radius 1 is 0.964 bits per heavy atom. The summed E-state index contributed by atoms with van der Waals surface area (Å²) in [6.45, 7) is 0. The summed E-state index contributed by atoms with van der Waals surface area (Å²) in [5.74, 6) is 1.03. The summed E-state index contributed by atoms with van der Waals surface area (Å²) in [7, 11) is -2.32. The number of fused-ring (bicyclic) bond motifs is 2. The van der Waals surface area contributed by atoms with Crippen molar-refractivity contribution in [3.8, 4) is 17.2 Å². The summed E-state index contributed by atoms with van der Waals surface area (Å²) in [5, 5.41) is 2.76. The van der Waals surface area contributed by atoms with Gasteiger partial charge in [-0.15, -0.1) is 0 Å². The lowest BCUT2D eigenvalue weighted by molar-refractivity contribution is 0.102. The predicted molar refractivity (Wildman–Crippen MR) is 105 cm³/mol. The molecule has 0 fully saturated rings. The molecule has 0 saturated heterocycles. The highest BCUT2D eigenvalue weighted by Gasteiger charge is 2.22. The Bertz CT molecular complexity index is 1160. The maximum atomic E-state index is 12.6. The van der Waals surface area contributed by atoms with Crippen molar-refractivity contribution in [1.82, 2.24) is 0 Å².